The molecule has 1 atom stereocenters. The molecule has 2 N–H and O–H groups in total. The van der Waals surface area contributed by atoms with Gasteiger partial charge in [-0.1, -0.05) is 6.07 Å². The molecule has 2 aromatic rings. The molecule has 1 fully saturated rings. The third-order valence-corrected chi connectivity index (χ3v) is 5.70. The van der Waals surface area contributed by atoms with Crippen LogP contribution in [-0.4, -0.2) is 41.8 Å². The fourth-order valence-corrected chi connectivity index (χ4v) is 4.56. The molecule has 3 rings (SSSR count). The Morgan fingerprint density at radius 1 is 1.20 bits per heavy atom. The van der Waals surface area contributed by atoms with Crippen molar-refractivity contribution < 1.29 is 13.2 Å². The molecule has 1 aliphatic heterocycles. The number of aryl methyl sites for hydroxylation is 2. The van der Waals surface area contributed by atoms with Crippen LogP contribution in [0.3, 0.4) is 0 Å². The van der Waals surface area contributed by atoms with Gasteiger partial charge in [0.05, 0.1) is 11.5 Å². The molecular weight excluding hydrogens is 340 g/mol. The summed E-state index contributed by atoms with van der Waals surface area (Å²) in [6.07, 6.45) is 2.00. The van der Waals surface area contributed by atoms with Gasteiger partial charge in [0.2, 0.25) is 5.95 Å². The molecule has 0 radical (unpaired) electrons. The number of aromatic nitrogens is 2. The van der Waals surface area contributed by atoms with Crippen molar-refractivity contribution in [3.05, 3.63) is 47.3 Å². The Bertz CT molecular complexity index is 892. The first-order valence-corrected chi connectivity index (χ1v) is 9.82. The molecule has 1 unspecified atom stereocenters. The second-order valence-corrected chi connectivity index (χ2v) is 8.57. The van der Waals surface area contributed by atoms with Crippen molar-refractivity contribution in [2.45, 2.75) is 26.3 Å². The molecule has 132 valence electrons. The third kappa shape index (κ3) is 4.54. The number of carbonyl (C=O) groups is 1. The number of nitrogens with one attached hydrogen (secondary N) is 2. The summed E-state index contributed by atoms with van der Waals surface area (Å²) in [6.45, 7) is 3.93. The summed E-state index contributed by atoms with van der Waals surface area (Å²) in [4.78, 5) is 20.7. The fraction of sp³-hybridized carbons (Fsp3) is 0.353. The maximum absolute atomic E-state index is 12.4. The molecule has 8 heteroatoms. The Hall–Kier alpha value is -2.48. The van der Waals surface area contributed by atoms with Crippen LogP contribution in [0.4, 0.5) is 11.6 Å². The van der Waals surface area contributed by atoms with E-state index in [0.717, 1.165) is 11.1 Å². The number of anilines is 2. The summed E-state index contributed by atoms with van der Waals surface area (Å²) < 4.78 is 23.0. The van der Waals surface area contributed by atoms with E-state index < -0.39 is 9.84 Å². The van der Waals surface area contributed by atoms with Gasteiger partial charge >= 0.3 is 0 Å². The van der Waals surface area contributed by atoms with Crippen LogP contribution in [0.25, 0.3) is 0 Å². The van der Waals surface area contributed by atoms with Gasteiger partial charge in [-0.15, -0.1) is 0 Å². The summed E-state index contributed by atoms with van der Waals surface area (Å²) in [5.74, 6) is 0.150. The first kappa shape index (κ1) is 17.3. The minimum atomic E-state index is -2.99. The quantitative estimate of drug-likeness (QED) is 0.864. The molecule has 1 aliphatic rings. The zero-order chi connectivity index (χ0) is 18.0. The van der Waals surface area contributed by atoms with Gasteiger partial charge in [-0.25, -0.2) is 18.4 Å². The van der Waals surface area contributed by atoms with Crippen LogP contribution in [0, 0.1) is 13.8 Å². The summed E-state index contributed by atoms with van der Waals surface area (Å²) in [7, 11) is -2.99. The van der Waals surface area contributed by atoms with Gasteiger partial charge in [-0.05, 0) is 49.6 Å². The molecule has 7 nitrogen and oxygen atoms in total. The smallest absolute Gasteiger partial charge is 0.274 e. The largest absolute Gasteiger partial charge is 0.350 e. The maximum Gasteiger partial charge on any atom is 0.274 e. The first-order chi connectivity index (χ1) is 11.8. The lowest BCUT2D eigenvalue weighted by Gasteiger charge is -2.11. The normalized spacial score (nSPS) is 18.7. The van der Waals surface area contributed by atoms with Crippen LogP contribution in [0.2, 0.25) is 0 Å². The number of hydrogen-bond acceptors (Lipinski definition) is 6. The van der Waals surface area contributed by atoms with Crippen molar-refractivity contribution in [2.75, 3.05) is 22.1 Å². The molecule has 1 aromatic heterocycles. The average Bonchev–Trinajstić information content (AvgIpc) is 2.85. The van der Waals surface area contributed by atoms with E-state index in [1.807, 2.05) is 32.0 Å². The SMILES string of the molecule is Cc1cc(C)cc(NC(=O)c2ccnc(NC3CCS(=O)(=O)C3)n2)c1. The minimum Gasteiger partial charge on any atom is -0.350 e. The molecule has 1 aromatic carbocycles. The molecule has 1 saturated heterocycles. The fourth-order valence-electron chi connectivity index (χ4n) is 2.89. The summed E-state index contributed by atoms with van der Waals surface area (Å²) >= 11 is 0. The zero-order valence-corrected chi connectivity index (χ0v) is 14.9. The molecule has 1 amide bonds. The highest BCUT2D eigenvalue weighted by Gasteiger charge is 2.28. The second-order valence-electron chi connectivity index (χ2n) is 6.34. The molecule has 25 heavy (non-hydrogen) atoms. The molecule has 0 aliphatic carbocycles. The lowest BCUT2D eigenvalue weighted by Crippen LogP contribution is -2.23. The number of benzene rings is 1. The Balaban J connectivity index is 1.71. The van der Waals surface area contributed by atoms with Crippen LogP contribution in [0.5, 0.6) is 0 Å². The zero-order valence-electron chi connectivity index (χ0n) is 14.1. The summed E-state index contributed by atoms with van der Waals surface area (Å²) in [6, 6.07) is 7.10. The van der Waals surface area contributed by atoms with E-state index in [1.165, 1.54) is 12.3 Å². The van der Waals surface area contributed by atoms with E-state index >= 15 is 0 Å². The van der Waals surface area contributed by atoms with E-state index in [0.29, 0.717) is 12.1 Å². The average molecular weight is 360 g/mol. The molecule has 0 spiro atoms. The van der Waals surface area contributed by atoms with E-state index in [9.17, 15) is 13.2 Å². The number of carbonyl (C=O) groups excluding carboxylic acids is 1. The van der Waals surface area contributed by atoms with Gasteiger partial charge in [-0.2, -0.15) is 0 Å². The topological polar surface area (TPSA) is 101 Å². The van der Waals surface area contributed by atoms with Crippen LogP contribution >= 0.6 is 0 Å². The Kier molecular flexibility index (Phi) is 4.71. The molecule has 0 saturated carbocycles. The Labute approximate surface area is 146 Å². The van der Waals surface area contributed by atoms with Crippen LogP contribution in [0.15, 0.2) is 30.5 Å². The minimum absolute atomic E-state index is 0.0648. The van der Waals surface area contributed by atoms with Crippen molar-refractivity contribution in [3.8, 4) is 0 Å². The summed E-state index contributed by atoms with van der Waals surface area (Å²) in [5.41, 5.74) is 3.04. The maximum atomic E-state index is 12.4. The monoisotopic (exact) mass is 360 g/mol. The number of sulfone groups is 1. The van der Waals surface area contributed by atoms with Crippen molar-refractivity contribution >= 4 is 27.4 Å². The van der Waals surface area contributed by atoms with Crippen LogP contribution in [0.1, 0.15) is 28.0 Å². The number of nitrogens with zero attached hydrogens (tertiary/aromatic N) is 2. The van der Waals surface area contributed by atoms with Gasteiger partial charge in [-0.3, -0.25) is 4.79 Å². The van der Waals surface area contributed by atoms with Gasteiger partial charge in [0, 0.05) is 17.9 Å². The van der Waals surface area contributed by atoms with E-state index in [1.54, 1.807) is 0 Å². The van der Waals surface area contributed by atoms with Crippen molar-refractivity contribution in [3.63, 3.8) is 0 Å². The highest BCUT2D eigenvalue weighted by atomic mass is 32.2. The predicted octanol–water partition coefficient (Wildman–Crippen LogP) is 1.94. The van der Waals surface area contributed by atoms with Crippen molar-refractivity contribution in [1.82, 2.24) is 9.97 Å². The Morgan fingerprint density at radius 2 is 1.92 bits per heavy atom. The predicted molar refractivity (Wildman–Crippen MR) is 96.6 cm³/mol. The standard InChI is InChI=1S/C17H20N4O3S/c1-11-7-12(2)9-14(8-11)19-16(22)15-3-5-18-17(21-15)20-13-4-6-25(23,24)10-13/h3,5,7-9,13H,4,6,10H2,1-2H3,(H,19,22)(H,18,20,21). The van der Waals surface area contributed by atoms with Crippen molar-refractivity contribution in [1.29, 1.82) is 0 Å². The van der Waals surface area contributed by atoms with Gasteiger partial charge < -0.3 is 10.6 Å². The molecule has 0 bridgehead atoms. The molecule has 2 heterocycles. The van der Waals surface area contributed by atoms with E-state index in [-0.39, 0.29) is 35.1 Å². The van der Waals surface area contributed by atoms with Gasteiger partial charge in [0.1, 0.15) is 5.69 Å². The Morgan fingerprint density at radius 3 is 2.56 bits per heavy atom. The highest BCUT2D eigenvalue weighted by molar-refractivity contribution is 7.91. The summed E-state index contributed by atoms with van der Waals surface area (Å²) in [5, 5.41) is 5.81. The lowest BCUT2D eigenvalue weighted by molar-refractivity contribution is 0.102. The van der Waals surface area contributed by atoms with Crippen LogP contribution in [-0.2, 0) is 9.84 Å². The second kappa shape index (κ2) is 6.79. The molecular formula is C17H20N4O3S. The van der Waals surface area contributed by atoms with E-state index in [4.69, 9.17) is 0 Å². The number of rotatable bonds is 4. The van der Waals surface area contributed by atoms with Gasteiger partial charge in [0.25, 0.3) is 5.91 Å². The third-order valence-electron chi connectivity index (χ3n) is 3.93. The first-order valence-electron chi connectivity index (χ1n) is 8.00. The lowest BCUT2D eigenvalue weighted by atomic mass is 10.1. The van der Waals surface area contributed by atoms with E-state index in [2.05, 4.69) is 20.6 Å². The highest BCUT2D eigenvalue weighted by Crippen LogP contribution is 2.17. The van der Waals surface area contributed by atoms with Crippen molar-refractivity contribution in [2.24, 2.45) is 0 Å². The van der Waals surface area contributed by atoms with Crippen LogP contribution < -0.4 is 10.6 Å². The number of hydrogen-bond donors (Lipinski definition) is 2. The number of amides is 1. The van der Waals surface area contributed by atoms with Gasteiger partial charge in [0.15, 0.2) is 9.84 Å².